The summed E-state index contributed by atoms with van der Waals surface area (Å²) in [4.78, 5) is 29.9. The van der Waals surface area contributed by atoms with E-state index in [9.17, 15) is 9.90 Å². The third-order valence-corrected chi connectivity index (χ3v) is 9.11. The standard InChI is InChI=1S/C31H44N8O2/c1-21(23-15-9-16-23)34-29-26(28(33-2)36-30(37-29)27(32)35-31(40)41)39(19-22-11-5-3-6-12-22)20-38-18-10-17-25(38)24-13-7-4-8-14-24/h4,7-8,13-14,21-23,25H,2-3,5-6,9-12,15-20H2,1H3,(H2,32,35)(H,40,41)(H,34,36,37)/t21-,25?/m1/s1. The summed E-state index contributed by atoms with van der Waals surface area (Å²) in [6.07, 6.45) is 10.7. The molecule has 2 aliphatic carbocycles. The average molecular weight is 561 g/mol. The van der Waals surface area contributed by atoms with E-state index in [1.54, 1.807) is 0 Å². The van der Waals surface area contributed by atoms with Crippen LogP contribution in [0.5, 0.6) is 0 Å². The molecule has 10 heteroatoms. The van der Waals surface area contributed by atoms with Gasteiger partial charge in [-0.1, -0.05) is 56.0 Å². The van der Waals surface area contributed by atoms with Crippen molar-refractivity contribution in [3.8, 4) is 0 Å². The highest BCUT2D eigenvalue weighted by Gasteiger charge is 2.33. The van der Waals surface area contributed by atoms with Crippen molar-refractivity contribution in [2.24, 2.45) is 16.8 Å². The number of aliphatic imine (C=N–C) groups is 1. The Morgan fingerprint density at radius 2 is 1.88 bits per heavy atom. The minimum atomic E-state index is -1.33. The van der Waals surface area contributed by atoms with E-state index in [-0.39, 0.29) is 17.7 Å². The highest BCUT2D eigenvalue weighted by atomic mass is 16.4. The maximum atomic E-state index is 11.3. The molecule has 1 aromatic carbocycles. The van der Waals surface area contributed by atoms with Crippen LogP contribution in [0.2, 0.25) is 0 Å². The molecule has 0 spiro atoms. The van der Waals surface area contributed by atoms with Crippen LogP contribution in [0, 0.1) is 17.2 Å². The number of nitrogens with one attached hydrogen (secondary N) is 3. The SMILES string of the molecule is C=Nc1nc(C(=N)NC(=O)O)nc(N[C@H](C)C2CCC2)c1N(CC1CCCCC1)CN1CCCC1c1ccccc1. The van der Waals surface area contributed by atoms with Crippen LogP contribution in [0.3, 0.4) is 0 Å². The molecule has 0 radical (unpaired) electrons. The van der Waals surface area contributed by atoms with Gasteiger partial charge in [0.2, 0.25) is 0 Å². The second-order valence-corrected chi connectivity index (χ2v) is 11.9. The summed E-state index contributed by atoms with van der Waals surface area (Å²) in [7, 11) is 0. The number of hydrogen-bond donors (Lipinski definition) is 4. The summed E-state index contributed by atoms with van der Waals surface area (Å²) < 4.78 is 0. The molecule has 3 aliphatic rings. The lowest BCUT2D eigenvalue weighted by Crippen LogP contribution is -2.42. The maximum absolute atomic E-state index is 11.3. The minimum Gasteiger partial charge on any atom is -0.465 e. The first-order valence-electron chi connectivity index (χ1n) is 15.2. The molecule has 1 saturated heterocycles. The van der Waals surface area contributed by atoms with Crippen LogP contribution in [0.15, 0.2) is 35.3 Å². The highest BCUT2D eigenvalue weighted by Crippen LogP contribution is 2.40. The lowest BCUT2D eigenvalue weighted by molar-refractivity contribution is 0.200. The largest absolute Gasteiger partial charge is 0.465 e. The van der Waals surface area contributed by atoms with Crippen molar-refractivity contribution in [2.45, 2.75) is 83.2 Å². The summed E-state index contributed by atoms with van der Waals surface area (Å²) in [6.45, 7) is 8.59. The maximum Gasteiger partial charge on any atom is 0.410 e. The van der Waals surface area contributed by atoms with Gasteiger partial charge in [-0.05, 0) is 69.6 Å². The monoisotopic (exact) mass is 560 g/mol. The predicted octanol–water partition coefficient (Wildman–Crippen LogP) is 6.18. The summed E-state index contributed by atoms with van der Waals surface area (Å²) in [6, 6.07) is 11.2. The quantitative estimate of drug-likeness (QED) is 0.191. The third kappa shape index (κ3) is 7.04. The first-order valence-corrected chi connectivity index (χ1v) is 15.2. The number of hydrogen-bond acceptors (Lipinski definition) is 8. The fourth-order valence-electron chi connectivity index (χ4n) is 6.66. The molecule has 2 saturated carbocycles. The molecule has 220 valence electrons. The molecule has 2 aromatic rings. The Kier molecular flexibility index (Phi) is 9.49. The molecule has 0 bridgehead atoms. The van der Waals surface area contributed by atoms with Crippen LogP contribution in [0.1, 0.15) is 88.6 Å². The molecule has 1 unspecified atom stereocenters. The number of aromatic nitrogens is 2. The van der Waals surface area contributed by atoms with Gasteiger partial charge in [-0.25, -0.2) is 19.8 Å². The van der Waals surface area contributed by atoms with Crippen molar-refractivity contribution in [1.82, 2.24) is 20.2 Å². The van der Waals surface area contributed by atoms with Gasteiger partial charge in [0.15, 0.2) is 23.3 Å². The molecule has 2 atom stereocenters. The number of amides is 1. The van der Waals surface area contributed by atoms with Crippen molar-refractivity contribution in [3.05, 3.63) is 41.7 Å². The van der Waals surface area contributed by atoms with Crippen molar-refractivity contribution < 1.29 is 9.90 Å². The molecule has 5 rings (SSSR count). The van der Waals surface area contributed by atoms with E-state index in [2.05, 4.69) is 74.4 Å². The zero-order valence-electron chi connectivity index (χ0n) is 24.2. The van der Waals surface area contributed by atoms with E-state index in [0.717, 1.165) is 31.6 Å². The van der Waals surface area contributed by atoms with E-state index in [1.807, 2.05) is 0 Å². The second kappa shape index (κ2) is 13.4. The molecule has 1 aliphatic heterocycles. The predicted molar refractivity (Wildman–Crippen MR) is 164 cm³/mol. The van der Waals surface area contributed by atoms with Gasteiger partial charge in [0, 0.05) is 25.2 Å². The van der Waals surface area contributed by atoms with Crippen LogP contribution < -0.4 is 15.5 Å². The van der Waals surface area contributed by atoms with Gasteiger partial charge in [0.05, 0.1) is 6.67 Å². The van der Waals surface area contributed by atoms with E-state index in [1.165, 1.54) is 56.9 Å². The molecular weight excluding hydrogens is 516 g/mol. The molecule has 1 amide bonds. The van der Waals surface area contributed by atoms with Gasteiger partial charge in [-0.15, -0.1) is 0 Å². The lowest BCUT2D eigenvalue weighted by Gasteiger charge is -2.38. The van der Waals surface area contributed by atoms with Crippen LogP contribution >= 0.6 is 0 Å². The van der Waals surface area contributed by atoms with E-state index >= 15 is 0 Å². The molecule has 3 fully saturated rings. The number of benzene rings is 1. The van der Waals surface area contributed by atoms with Gasteiger partial charge in [-0.3, -0.25) is 15.6 Å². The Morgan fingerprint density at radius 1 is 1.12 bits per heavy atom. The minimum absolute atomic E-state index is 0.0113. The van der Waals surface area contributed by atoms with E-state index in [0.29, 0.717) is 36.2 Å². The summed E-state index contributed by atoms with van der Waals surface area (Å²) in [5, 5.41) is 23.3. The summed E-state index contributed by atoms with van der Waals surface area (Å²) in [5.41, 5.74) is 2.13. The molecule has 2 heterocycles. The Balaban J connectivity index is 1.54. The first kappa shape index (κ1) is 29.0. The summed E-state index contributed by atoms with van der Waals surface area (Å²) in [5.74, 6) is 1.69. The molecule has 41 heavy (non-hydrogen) atoms. The Bertz CT molecular complexity index is 1210. The van der Waals surface area contributed by atoms with Crippen LogP contribution in [-0.4, -0.2) is 64.4 Å². The van der Waals surface area contributed by atoms with Gasteiger partial charge in [0.1, 0.15) is 5.69 Å². The Hall–Kier alpha value is -3.53. The number of anilines is 2. The number of carboxylic acid groups (broad SMARTS) is 1. The van der Waals surface area contributed by atoms with Crippen LogP contribution in [-0.2, 0) is 0 Å². The third-order valence-electron chi connectivity index (χ3n) is 9.11. The van der Waals surface area contributed by atoms with Crippen molar-refractivity contribution >= 4 is 36.0 Å². The second-order valence-electron chi connectivity index (χ2n) is 11.9. The van der Waals surface area contributed by atoms with Crippen molar-refractivity contribution in [3.63, 3.8) is 0 Å². The molecular formula is C31H44N8O2. The lowest BCUT2D eigenvalue weighted by atomic mass is 9.80. The topological polar surface area (TPSA) is 130 Å². The zero-order valence-corrected chi connectivity index (χ0v) is 24.2. The number of carbonyl (C=O) groups is 1. The van der Waals surface area contributed by atoms with Gasteiger partial charge < -0.3 is 15.3 Å². The van der Waals surface area contributed by atoms with E-state index in [4.69, 9.17) is 10.4 Å². The summed E-state index contributed by atoms with van der Waals surface area (Å²) >= 11 is 0. The van der Waals surface area contributed by atoms with Gasteiger partial charge in [-0.2, -0.15) is 0 Å². The molecule has 10 nitrogen and oxygen atoms in total. The smallest absolute Gasteiger partial charge is 0.410 e. The fourth-order valence-corrected chi connectivity index (χ4v) is 6.66. The Labute approximate surface area is 243 Å². The normalized spacial score (nSPS) is 20.7. The first-order chi connectivity index (χ1) is 19.9. The number of nitrogens with zero attached hydrogens (tertiary/aromatic N) is 5. The van der Waals surface area contributed by atoms with Gasteiger partial charge in [0.25, 0.3) is 0 Å². The average Bonchev–Trinajstić information content (AvgIpc) is 3.40. The number of likely N-dealkylation sites (tertiary alicyclic amines) is 1. The number of amidine groups is 1. The van der Waals surface area contributed by atoms with Crippen LogP contribution in [0.25, 0.3) is 0 Å². The zero-order chi connectivity index (χ0) is 28.8. The van der Waals surface area contributed by atoms with Crippen molar-refractivity contribution in [1.29, 1.82) is 5.41 Å². The van der Waals surface area contributed by atoms with Gasteiger partial charge >= 0.3 is 6.09 Å². The van der Waals surface area contributed by atoms with E-state index < -0.39 is 6.09 Å². The molecule has 4 N–H and O–H groups in total. The fraction of sp³-hybridized carbons (Fsp3) is 0.581. The molecule has 1 aromatic heterocycles. The Morgan fingerprint density at radius 3 is 2.54 bits per heavy atom. The van der Waals surface area contributed by atoms with Crippen molar-refractivity contribution in [2.75, 3.05) is 30.0 Å². The highest BCUT2D eigenvalue weighted by molar-refractivity contribution is 6.02. The van der Waals surface area contributed by atoms with Crippen LogP contribution in [0.4, 0.5) is 22.1 Å². The number of rotatable bonds is 11.